The summed E-state index contributed by atoms with van der Waals surface area (Å²) in [6.07, 6.45) is 0. The maximum absolute atomic E-state index is 12.3. The van der Waals surface area contributed by atoms with Gasteiger partial charge in [0.1, 0.15) is 0 Å². The molecule has 1 aromatic rings. The van der Waals surface area contributed by atoms with Gasteiger partial charge in [-0.1, -0.05) is 34.1 Å². The number of nitrogens with zero attached hydrogens (tertiary/aromatic N) is 2. The Morgan fingerprint density at radius 1 is 1.19 bits per heavy atom. The summed E-state index contributed by atoms with van der Waals surface area (Å²) >= 11 is 3.32. The van der Waals surface area contributed by atoms with Crippen molar-refractivity contribution in [3.63, 3.8) is 0 Å². The Hall–Kier alpha value is -1.69. The van der Waals surface area contributed by atoms with Crippen molar-refractivity contribution in [2.45, 2.75) is 19.9 Å². The number of ketones is 1. The molecular weight excluding hydrogens is 336 g/mol. The molecule has 1 fully saturated rings. The molecule has 112 valence electrons. The fourth-order valence-corrected chi connectivity index (χ4v) is 2.78. The first-order valence-electron chi connectivity index (χ1n) is 6.79. The standard InChI is InChI=1S/C15H17BrN2O3/c1-10(2)18-8-7-17(14(20)15(18)21)9-13(19)11-5-3-4-6-12(11)16/h3-6,10H,7-9H2,1-2H3. The summed E-state index contributed by atoms with van der Waals surface area (Å²) in [6.45, 7) is 4.52. The number of carbonyl (C=O) groups is 3. The number of piperazine rings is 1. The van der Waals surface area contributed by atoms with Gasteiger partial charge >= 0.3 is 11.8 Å². The molecule has 5 nitrogen and oxygen atoms in total. The van der Waals surface area contributed by atoms with E-state index in [0.29, 0.717) is 23.1 Å². The van der Waals surface area contributed by atoms with Crippen molar-refractivity contribution in [2.75, 3.05) is 19.6 Å². The average Bonchev–Trinajstić information content (AvgIpc) is 2.44. The van der Waals surface area contributed by atoms with Crippen molar-refractivity contribution in [1.82, 2.24) is 9.80 Å². The van der Waals surface area contributed by atoms with Crippen LogP contribution in [-0.2, 0) is 9.59 Å². The smallest absolute Gasteiger partial charge is 0.312 e. The molecule has 0 aliphatic carbocycles. The molecule has 1 aliphatic heterocycles. The van der Waals surface area contributed by atoms with Gasteiger partial charge in [0, 0.05) is 29.2 Å². The zero-order valence-corrected chi connectivity index (χ0v) is 13.6. The highest BCUT2D eigenvalue weighted by Gasteiger charge is 2.34. The van der Waals surface area contributed by atoms with Crippen LogP contribution in [0.2, 0.25) is 0 Å². The van der Waals surface area contributed by atoms with Crippen molar-refractivity contribution in [2.24, 2.45) is 0 Å². The van der Waals surface area contributed by atoms with E-state index in [1.807, 2.05) is 19.9 Å². The highest BCUT2D eigenvalue weighted by Crippen LogP contribution is 2.17. The normalized spacial score (nSPS) is 15.8. The Morgan fingerprint density at radius 2 is 1.86 bits per heavy atom. The summed E-state index contributed by atoms with van der Waals surface area (Å²) in [7, 11) is 0. The Kier molecular flexibility index (Phi) is 4.77. The maximum Gasteiger partial charge on any atom is 0.312 e. The van der Waals surface area contributed by atoms with E-state index in [2.05, 4.69) is 15.9 Å². The van der Waals surface area contributed by atoms with Gasteiger partial charge in [0.05, 0.1) is 6.54 Å². The molecule has 1 heterocycles. The topological polar surface area (TPSA) is 57.7 Å². The van der Waals surface area contributed by atoms with Crippen LogP contribution in [-0.4, -0.2) is 53.1 Å². The summed E-state index contributed by atoms with van der Waals surface area (Å²) < 4.78 is 0.689. The first kappa shape index (κ1) is 15.7. The SMILES string of the molecule is CC(C)N1CCN(CC(=O)c2ccccc2Br)C(=O)C1=O. The first-order chi connectivity index (χ1) is 9.91. The largest absolute Gasteiger partial charge is 0.330 e. The van der Waals surface area contributed by atoms with Crippen molar-refractivity contribution < 1.29 is 14.4 Å². The molecule has 0 saturated carbocycles. The van der Waals surface area contributed by atoms with Gasteiger partial charge in [-0.15, -0.1) is 0 Å². The summed E-state index contributed by atoms with van der Waals surface area (Å²) in [4.78, 5) is 39.1. The summed E-state index contributed by atoms with van der Waals surface area (Å²) in [5.41, 5.74) is 0.518. The second kappa shape index (κ2) is 6.39. The highest BCUT2D eigenvalue weighted by molar-refractivity contribution is 9.10. The highest BCUT2D eigenvalue weighted by atomic mass is 79.9. The predicted molar refractivity (Wildman–Crippen MR) is 81.9 cm³/mol. The van der Waals surface area contributed by atoms with Crippen molar-refractivity contribution >= 4 is 33.5 Å². The monoisotopic (exact) mass is 352 g/mol. The number of halogens is 1. The van der Waals surface area contributed by atoms with E-state index in [0.717, 1.165) is 0 Å². The van der Waals surface area contributed by atoms with Gasteiger partial charge in [-0.2, -0.15) is 0 Å². The molecule has 1 aliphatic rings. The Balaban J connectivity index is 2.08. The van der Waals surface area contributed by atoms with Gasteiger partial charge in [-0.05, 0) is 19.9 Å². The Labute approximate surface area is 132 Å². The van der Waals surface area contributed by atoms with E-state index >= 15 is 0 Å². The van der Waals surface area contributed by atoms with Crippen molar-refractivity contribution in [3.05, 3.63) is 34.3 Å². The fourth-order valence-electron chi connectivity index (χ4n) is 2.28. The zero-order chi connectivity index (χ0) is 15.6. The van der Waals surface area contributed by atoms with Gasteiger partial charge in [-0.25, -0.2) is 0 Å². The number of hydrogen-bond acceptors (Lipinski definition) is 3. The minimum absolute atomic E-state index is 0.0115. The zero-order valence-electron chi connectivity index (χ0n) is 12.0. The van der Waals surface area contributed by atoms with Crippen LogP contribution in [0.4, 0.5) is 0 Å². The molecule has 21 heavy (non-hydrogen) atoms. The lowest BCUT2D eigenvalue weighted by molar-refractivity contribution is -0.156. The Morgan fingerprint density at radius 3 is 2.48 bits per heavy atom. The van der Waals surface area contributed by atoms with Crippen LogP contribution in [0.1, 0.15) is 24.2 Å². The van der Waals surface area contributed by atoms with E-state index in [1.54, 1.807) is 18.2 Å². The first-order valence-corrected chi connectivity index (χ1v) is 7.58. The van der Waals surface area contributed by atoms with Crippen molar-refractivity contribution in [1.29, 1.82) is 0 Å². The lowest BCUT2D eigenvalue weighted by atomic mass is 10.1. The molecule has 0 radical (unpaired) electrons. The summed E-state index contributed by atoms with van der Waals surface area (Å²) in [5, 5.41) is 0. The molecule has 2 rings (SSSR count). The molecule has 0 atom stereocenters. The van der Waals surface area contributed by atoms with E-state index in [4.69, 9.17) is 0 Å². The third kappa shape index (κ3) is 3.32. The quantitative estimate of drug-likeness (QED) is 0.612. The van der Waals surface area contributed by atoms with Gasteiger partial charge in [0.2, 0.25) is 0 Å². The molecule has 0 spiro atoms. The number of hydrogen-bond donors (Lipinski definition) is 0. The molecule has 1 aromatic carbocycles. The van der Waals surface area contributed by atoms with E-state index in [1.165, 1.54) is 9.80 Å². The molecule has 0 aromatic heterocycles. The number of carbonyl (C=O) groups excluding carboxylic acids is 3. The van der Waals surface area contributed by atoms with Crippen molar-refractivity contribution in [3.8, 4) is 0 Å². The van der Waals surface area contributed by atoms with Crippen LogP contribution >= 0.6 is 15.9 Å². The third-order valence-corrected chi connectivity index (χ3v) is 4.17. The number of rotatable bonds is 4. The molecule has 2 amide bonds. The van der Waals surface area contributed by atoms with E-state index in [9.17, 15) is 14.4 Å². The fraction of sp³-hybridized carbons (Fsp3) is 0.400. The molecule has 0 bridgehead atoms. The van der Waals surface area contributed by atoms with Gasteiger partial charge in [0.25, 0.3) is 0 Å². The Bertz CT molecular complexity index is 586. The number of benzene rings is 1. The third-order valence-electron chi connectivity index (χ3n) is 3.47. The average molecular weight is 353 g/mol. The number of Topliss-reactive ketones (excluding diaryl/α,β-unsaturated/α-hetero) is 1. The lowest BCUT2D eigenvalue weighted by Crippen LogP contribution is -2.57. The molecule has 0 N–H and O–H groups in total. The second-order valence-electron chi connectivity index (χ2n) is 5.22. The van der Waals surface area contributed by atoms with Crippen LogP contribution in [0.25, 0.3) is 0 Å². The minimum atomic E-state index is -0.602. The predicted octanol–water partition coefficient (Wildman–Crippen LogP) is 1.71. The van der Waals surface area contributed by atoms with Crippen LogP contribution in [0, 0.1) is 0 Å². The van der Waals surface area contributed by atoms with E-state index in [-0.39, 0.29) is 18.4 Å². The molecule has 6 heteroatoms. The van der Waals surface area contributed by atoms with E-state index < -0.39 is 11.8 Å². The lowest BCUT2D eigenvalue weighted by Gasteiger charge is -2.35. The molecule has 0 unspecified atom stereocenters. The molecule has 1 saturated heterocycles. The van der Waals surface area contributed by atoms with Gasteiger partial charge < -0.3 is 9.80 Å². The van der Waals surface area contributed by atoms with Crippen LogP contribution in [0.3, 0.4) is 0 Å². The maximum atomic E-state index is 12.3. The van der Waals surface area contributed by atoms with Gasteiger partial charge in [0.15, 0.2) is 5.78 Å². The number of amides is 2. The summed E-state index contributed by atoms with van der Waals surface area (Å²) in [5.74, 6) is -1.31. The second-order valence-corrected chi connectivity index (χ2v) is 6.08. The van der Waals surface area contributed by atoms with Crippen LogP contribution in [0.15, 0.2) is 28.7 Å². The minimum Gasteiger partial charge on any atom is -0.330 e. The van der Waals surface area contributed by atoms with Gasteiger partial charge in [-0.3, -0.25) is 14.4 Å². The van der Waals surface area contributed by atoms with Crippen LogP contribution in [0.5, 0.6) is 0 Å². The molecular formula is C15H17BrN2O3. The van der Waals surface area contributed by atoms with Crippen LogP contribution < -0.4 is 0 Å². The summed E-state index contributed by atoms with van der Waals surface area (Å²) in [6, 6.07) is 7.04.